The summed E-state index contributed by atoms with van der Waals surface area (Å²) in [5.74, 6) is -0.274. The Morgan fingerprint density at radius 1 is 1.20 bits per heavy atom. The standard InChI is InChI=1S/C32H40F2N2O4/c1-6-9-24-28(36-17-35-24)23(31-27(21-13-14-21)22-10-7-8-11-25(22)39-31)15-12-19(4)29(38)30(20(5)32(33)34)40-26(16-37)18(2)3/h7-8,10-11,17,19,21,23,32,37H,6,9,12-16H2,1-5H3,(H,35,36)/b30-20+. The molecule has 0 bridgehead atoms. The summed E-state index contributed by atoms with van der Waals surface area (Å²) in [6.07, 6.45) is 3.81. The molecule has 2 heterocycles. The second-order valence-electron chi connectivity index (χ2n) is 11.1. The summed E-state index contributed by atoms with van der Waals surface area (Å²) in [5, 5.41) is 10.8. The molecule has 3 aromatic rings. The highest BCUT2D eigenvalue weighted by molar-refractivity contribution is 5.96. The summed E-state index contributed by atoms with van der Waals surface area (Å²) >= 11 is 0. The number of rotatable bonds is 14. The number of aryl methyl sites for hydroxylation is 1. The number of imidazole rings is 1. The average Bonchev–Trinajstić information content (AvgIpc) is 3.55. The van der Waals surface area contributed by atoms with Crippen molar-refractivity contribution in [2.24, 2.45) is 5.92 Å². The Morgan fingerprint density at radius 2 is 1.93 bits per heavy atom. The zero-order chi connectivity index (χ0) is 29.0. The molecule has 1 aliphatic carbocycles. The number of Topliss-reactive ketones (excluding diaryl/α,β-unsaturated/α-hetero) is 1. The van der Waals surface area contributed by atoms with E-state index >= 15 is 0 Å². The van der Waals surface area contributed by atoms with Gasteiger partial charge in [0.15, 0.2) is 5.76 Å². The third-order valence-corrected chi connectivity index (χ3v) is 7.72. The molecule has 0 saturated heterocycles. The molecule has 0 radical (unpaired) electrons. The molecule has 6 nitrogen and oxygen atoms in total. The maximum atomic E-state index is 13.7. The van der Waals surface area contributed by atoms with Crippen LogP contribution >= 0.6 is 0 Å². The molecule has 1 fully saturated rings. The van der Waals surface area contributed by atoms with Gasteiger partial charge in [0.05, 0.1) is 17.9 Å². The lowest BCUT2D eigenvalue weighted by Crippen LogP contribution is -2.21. The molecule has 2 atom stereocenters. The number of aromatic nitrogens is 2. The average molecular weight is 555 g/mol. The largest absolute Gasteiger partial charge is 0.460 e. The van der Waals surface area contributed by atoms with Gasteiger partial charge in [0.2, 0.25) is 5.78 Å². The molecule has 1 aromatic carbocycles. The van der Waals surface area contributed by atoms with Crippen LogP contribution in [0.25, 0.3) is 11.0 Å². The van der Waals surface area contributed by atoms with Crippen molar-refractivity contribution in [3.05, 3.63) is 76.0 Å². The molecule has 0 spiro atoms. The number of aliphatic hydroxyl groups excluding tert-OH is 1. The number of nitrogens with zero attached hydrogens (tertiary/aromatic N) is 1. The van der Waals surface area contributed by atoms with E-state index in [1.807, 2.05) is 18.2 Å². The molecule has 2 N–H and O–H groups in total. The summed E-state index contributed by atoms with van der Waals surface area (Å²) in [7, 11) is 0. The van der Waals surface area contributed by atoms with Crippen molar-refractivity contribution in [3.63, 3.8) is 0 Å². The number of hydrogen-bond acceptors (Lipinski definition) is 5. The number of aromatic amines is 1. The molecule has 0 aliphatic heterocycles. The van der Waals surface area contributed by atoms with E-state index in [0.717, 1.165) is 53.8 Å². The van der Waals surface area contributed by atoms with E-state index in [1.165, 1.54) is 12.5 Å². The number of fused-ring (bicyclic) bond motifs is 1. The van der Waals surface area contributed by atoms with Crippen molar-refractivity contribution in [3.8, 4) is 0 Å². The van der Waals surface area contributed by atoms with Crippen LogP contribution in [0.15, 0.2) is 57.7 Å². The number of ether oxygens (including phenoxy) is 1. The minimum atomic E-state index is -2.85. The third-order valence-electron chi connectivity index (χ3n) is 7.72. The predicted molar refractivity (Wildman–Crippen MR) is 151 cm³/mol. The maximum Gasteiger partial charge on any atom is 0.263 e. The number of benzene rings is 1. The number of ketones is 1. The van der Waals surface area contributed by atoms with Gasteiger partial charge in [-0.2, -0.15) is 0 Å². The molecule has 216 valence electrons. The first-order valence-corrected chi connectivity index (χ1v) is 14.2. The number of aliphatic hydroxyl groups is 1. The van der Waals surface area contributed by atoms with E-state index < -0.39 is 36.1 Å². The number of alkyl halides is 2. The van der Waals surface area contributed by atoms with Gasteiger partial charge in [-0.3, -0.25) is 4.79 Å². The van der Waals surface area contributed by atoms with Crippen LogP contribution in [0.3, 0.4) is 0 Å². The molecule has 1 saturated carbocycles. The summed E-state index contributed by atoms with van der Waals surface area (Å²) < 4.78 is 39.6. The van der Waals surface area contributed by atoms with E-state index in [-0.39, 0.29) is 11.7 Å². The highest BCUT2D eigenvalue weighted by atomic mass is 19.3. The number of halogens is 2. The van der Waals surface area contributed by atoms with Crippen molar-refractivity contribution < 1.29 is 27.8 Å². The normalized spacial score (nSPS) is 15.7. The number of H-pyrrole nitrogens is 1. The quantitative estimate of drug-likeness (QED) is 0.156. The van der Waals surface area contributed by atoms with Crippen LogP contribution in [0.4, 0.5) is 8.78 Å². The molecular formula is C32H40F2N2O4. The number of allylic oxidation sites excluding steroid dienone is 3. The lowest BCUT2D eigenvalue weighted by atomic mass is 9.86. The fourth-order valence-electron chi connectivity index (χ4n) is 5.22. The third kappa shape index (κ3) is 6.38. The molecule has 40 heavy (non-hydrogen) atoms. The van der Waals surface area contributed by atoms with Crippen LogP contribution in [0.1, 0.15) is 101 Å². The van der Waals surface area contributed by atoms with Crippen LogP contribution in [0.2, 0.25) is 0 Å². The predicted octanol–water partition coefficient (Wildman–Crippen LogP) is 7.95. The Bertz CT molecular complexity index is 1390. The van der Waals surface area contributed by atoms with Gasteiger partial charge in [-0.25, -0.2) is 13.8 Å². The minimum absolute atomic E-state index is 0.102. The lowest BCUT2D eigenvalue weighted by molar-refractivity contribution is -0.122. The van der Waals surface area contributed by atoms with Crippen molar-refractivity contribution in [2.75, 3.05) is 6.61 Å². The Morgan fingerprint density at radius 3 is 2.55 bits per heavy atom. The van der Waals surface area contributed by atoms with E-state index in [9.17, 15) is 18.7 Å². The van der Waals surface area contributed by atoms with Crippen molar-refractivity contribution >= 4 is 16.8 Å². The number of carbonyl (C=O) groups is 1. The molecule has 8 heteroatoms. The van der Waals surface area contributed by atoms with E-state index in [4.69, 9.17) is 14.1 Å². The monoisotopic (exact) mass is 554 g/mol. The summed E-state index contributed by atoms with van der Waals surface area (Å²) in [6, 6.07) is 8.06. The number of hydrogen-bond donors (Lipinski definition) is 2. The van der Waals surface area contributed by atoms with Gasteiger partial charge < -0.3 is 19.2 Å². The smallest absolute Gasteiger partial charge is 0.263 e. The first kappa shape index (κ1) is 29.7. The molecule has 2 unspecified atom stereocenters. The molecule has 0 amide bonds. The molecular weight excluding hydrogens is 514 g/mol. The topological polar surface area (TPSA) is 88.4 Å². The number of furan rings is 1. The second kappa shape index (κ2) is 12.9. The Balaban J connectivity index is 1.68. The first-order chi connectivity index (χ1) is 19.2. The summed E-state index contributed by atoms with van der Waals surface area (Å²) in [5.41, 5.74) is 4.19. The molecule has 1 aliphatic rings. The number of nitrogens with one attached hydrogen (secondary N) is 1. The maximum absolute atomic E-state index is 13.7. The van der Waals surface area contributed by atoms with E-state index in [2.05, 4.69) is 18.0 Å². The fourth-order valence-corrected chi connectivity index (χ4v) is 5.22. The zero-order valence-electron chi connectivity index (χ0n) is 24.0. The summed E-state index contributed by atoms with van der Waals surface area (Å²) in [4.78, 5) is 21.5. The van der Waals surface area contributed by atoms with E-state index in [1.54, 1.807) is 27.1 Å². The Hall–Kier alpha value is -3.26. The zero-order valence-corrected chi connectivity index (χ0v) is 24.0. The number of carbonyl (C=O) groups excluding carboxylic acids is 1. The number of para-hydroxylation sites is 1. The Kier molecular flexibility index (Phi) is 9.61. The second-order valence-corrected chi connectivity index (χ2v) is 11.1. The first-order valence-electron chi connectivity index (χ1n) is 14.2. The molecule has 4 rings (SSSR count). The van der Waals surface area contributed by atoms with Crippen molar-refractivity contribution in [1.29, 1.82) is 0 Å². The van der Waals surface area contributed by atoms with Crippen molar-refractivity contribution in [1.82, 2.24) is 9.97 Å². The highest BCUT2D eigenvalue weighted by Crippen LogP contribution is 2.50. The highest BCUT2D eigenvalue weighted by Gasteiger charge is 2.36. The van der Waals surface area contributed by atoms with Crippen LogP contribution in [0, 0.1) is 5.92 Å². The summed E-state index contributed by atoms with van der Waals surface area (Å²) in [6.45, 7) is 7.96. The SMILES string of the molecule is CCCc1[nH]cnc1C(CCC(C)C(=O)/C(OC(CO)=C(C)C)=C(/C)C(F)F)c1oc2ccccc2c1C1CC1. The van der Waals surface area contributed by atoms with Crippen LogP contribution in [-0.4, -0.2) is 33.9 Å². The van der Waals surface area contributed by atoms with Crippen molar-refractivity contribution in [2.45, 2.75) is 91.4 Å². The van der Waals surface area contributed by atoms with E-state index in [0.29, 0.717) is 24.3 Å². The van der Waals surface area contributed by atoms with Gasteiger partial charge >= 0.3 is 0 Å². The van der Waals surface area contributed by atoms with Gasteiger partial charge in [-0.1, -0.05) is 38.5 Å². The molecule has 2 aromatic heterocycles. The van der Waals surface area contributed by atoms with Crippen LogP contribution in [-0.2, 0) is 16.0 Å². The van der Waals surface area contributed by atoms with Gasteiger partial charge in [0.25, 0.3) is 6.43 Å². The van der Waals surface area contributed by atoms with Gasteiger partial charge in [0.1, 0.15) is 23.7 Å². The fraction of sp³-hybridized carbons (Fsp3) is 0.500. The van der Waals surface area contributed by atoms with Gasteiger partial charge in [-0.15, -0.1) is 0 Å². The van der Waals surface area contributed by atoms with Crippen LogP contribution < -0.4 is 0 Å². The van der Waals surface area contributed by atoms with Gasteiger partial charge in [-0.05, 0) is 70.4 Å². The van der Waals surface area contributed by atoms with Crippen LogP contribution in [0.5, 0.6) is 0 Å². The Labute approximate surface area is 234 Å². The minimum Gasteiger partial charge on any atom is -0.460 e. The van der Waals surface area contributed by atoms with Gasteiger partial charge in [0, 0.05) is 28.1 Å². The lowest BCUT2D eigenvalue weighted by Gasteiger charge is -2.21.